The molecule has 2 N–H and O–H groups in total. The molecule has 14 heteroatoms. The molecule has 1 amide bonds. The Morgan fingerprint density at radius 2 is 1.78 bits per heavy atom. The highest BCUT2D eigenvalue weighted by atomic mass is 19.2. The predicted molar refractivity (Wildman–Crippen MR) is 167 cm³/mol. The summed E-state index contributed by atoms with van der Waals surface area (Å²) in [5, 5.41) is 7.51. The van der Waals surface area contributed by atoms with Crippen LogP contribution in [0.3, 0.4) is 0 Å². The molecule has 11 nitrogen and oxygen atoms in total. The minimum Gasteiger partial charge on any atom is -0.494 e. The van der Waals surface area contributed by atoms with Gasteiger partial charge in [-0.3, -0.25) is 14.5 Å². The second kappa shape index (κ2) is 13.9. The lowest BCUT2D eigenvalue weighted by Crippen LogP contribution is -2.49. The first-order valence-electron chi connectivity index (χ1n) is 15.2. The fourth-order valence-corrected chi connectivity index (χ4v) is 6.25. The Balaban J connectivity index is 1.24. The van der Waals surface area contributed by atoms with Crippen molar-refractivity contribution in [3.8, 4) is 5.75 Å². The van der Waals surface area contributed by atoms with Gasteiger partial charge in [-0.2, -0.15) is 0 Å². The van der Waals surface area contributed by atoms with Gasteiger partial charge in [0.1, 0.15) is 17.9 Å². The number of hydrogen-bond donors (Lipinski definition) is 2. The molecule has 3 saturated heterocycles. The van der Waals surface area contributed by atoms with E-state index < -0.39 is 23.5 Å². The summed E-state index contributed by atoms with van der Waals surface area (Å²) in [4.78, 5) is 31.5. The maximum absolute atomic E-state index is 14.7. The molecular weight excluding hydrogens is 603 g/mol. The highest BCUT2D eigenvalue weighted by molar-refractivity contribution is 6.02. The first-order valence-corrected chi connectivity index (χ1v) is 15.2. The summed E-state index contributed by atoms with van der Waals surface area (Å²) < 4.78 is 53.6. The summed E-state index contributed by atoms with van der Waals surface area (Å²) in [5.74, 6) is -3.27. The number of rotatable bonds is 9. The van der Waals surface area contributed by atoms with E-state index in [4.69, 9.17) is 14.3 Å². The summed E-state index contributed by atoms with van der Waals surface area (Å²) >= 11 is 0. The number of benzene rings is 2. The Labute approximate surface area is 264 Å². The highest BCUT2D eigenvalue weighted by Gasteiger charge is 2.33. The van der Waals surface area contributed by atoms with Crippen LogP contribution in [0.4, 0.5) is 41.9 Å². The Morgan fingerprint density at radius 3 is 2.52 bits per heavy atom. The van der Waals surface area contributed by atoms with E-state index in [1.54, 1.807) is 19.2 Å². The van der Waals surface area contributed by atoms with E-state index in [1.807, 2.05) is 6.07 Å². The molecule has 0 radical (unpaired) electrons. The number of nitrogens with one attached hydrogen (secondary N) is 2. The standard InChI is InChI=1S/C32H36F3N7O4/c1-3-30(43)39-23-16-24(27(44-2)17-26(23)41-9-6-20(7-10-41)40-11-14-45-15-12-40)38-28-18-29(37-19-36-28)42-25(8-13-46-42)21-4-5-22(33)32(35)31(21)34/h3-5,16-20,25H,1,6-15H2,2H3,(H,39,43)(H,36,37,38)/t25-/m1/s1. The van der Waals surface area contributed by atoms with Crippen molar-refractivity contribution in [2.45, 2.75) is 31.3 Å². The van der Waals surface area contributed by atoms with Gasteiger partial charge in [-0.05, 0) is 31.1 Å². The third-order valence-electron chi connectivity index (χ3n) is 8.60. The number of carbonyl (C=O) groups is 1. The molecular formula is C32H36F3N7O4. The fraction of sp³-hybridized carbons (Fsp3) is 0.406. The molecule has 0 saturated carbocycles. The number of amides is 1. The van der Waals surface area contributed by atoms with Gasteiger partial charge in [0.15, 0.2) is 23.3 Å². The zero-order valence-corrected chi connectivity index (χ0v) is 25.5. The van der Waals surface area contributed by atoms with E-state index in [2.05, 4.69) is 37.0 Å². The number of hydrogen-bond acceptors (Lipinski definition) is 10. The molecule has 4 heterocycles. The van der Waals surface area contributed by atoms with Crippen molar-refractivity contribution in [2.75, 3.05) is 73.7 Å². The van der Waals surface area contributed by atoms with Crippen molar-refractivity contribution in [1.82, 2.24) is 14.9 Å². The molecule has 0 bridgehead atoms. The predicted octanol–water partition coefficient (Wildman–Crippen LogP) is 4.95. The maximum atomic E-state index is 14.7. The van der Waals surface area contributed by atoms with Crippen molar-refractivity contribution >= 4 is 34.6 Å². The van der Waals surface area contributed by atoms with E-state index >= 15 is 0 Å². The first kappa shape index (κ1) is 31.6. The molecule has 3 aromatic rings. The van der Waals surface area contributed by atoms with Gasteiger partial charge in [0.05, 0.1) is 50.0 Å². The number of methoxy groups -OCH3 is 1. The number of halogens is 3. The van der Waals surface area contributed by atoms with Gasteiger partial charge in [-0.25, -0.2) is 28.2 Å². The average Bonchev–Trinajstić information content (AvgIpc) is 3.58. The van der Waals surface area contributed by atoms with Gasteiger partial charge in [0.2, 0.25) is 5.91 Å². The number of carbonyl (C=O) groups excluding carboxylic acids is 1. The molecule has 3 fully saturated rings. The van der Waals surface area contributed by atoms with Crippen LogP contribution in [0.25, 0.3) is 0 Å². The van der Waals surface area contributed by atoms with Crippen LogP contribution in [0.15, 0.2) is 49.3 Å². The number of nitrogens with zero attached hydrogens (tertiary/aromatic N) is 5. The number of anilines is 5. The van der Waals surface area contributed by atoms with Gasteiger partial charge in [0, 0.05) is 56.3 Å². The molecule has 3 aliphatic heterocycles. The minimum atomic E-state index is -1.54. The second-order valence-corrected chi connectivity index (χ2v) is 11.2. The van der Waals surface area contributed by atoms with Gasteiger partial charge in [0.25, 0.3) is 0 Å². The van der Waals surface area contributed by atoms with Crippen LogP contribution in [-0.2, 0) is 14.4 Å². The van der Waals surface area contributed by atoms with Crippen LogP contribution in [0.2, 0.25) is 0 Å². The maximum Gasteiger partial charge on any atom is 0.247 e. The van der Waals surface area contributed by atoms with Crippen LogP contribution in [-0.4, -0.2) is 79.9 Å². The zero-order valence-electron chi connectivity index (χ0n) is 25.5. The fourth-order valence-electron chi connectivity index (χ4n) is 6.25. The Hall–Kier alpha value is -4.40. The third-order valence-corrected chi connectivity index (χ3v) is 8.60. The summed E-state index contributed by atoms with van der Waals surface area (Å²) in [6.45, 7) is 8.83. The summed E-state index contributed by atoms with van der Waals surface area (Å²) in [6.07, 6.45) is 4.81. The largest absolute Gasteiger partial charge is 0.494 e. The van der Waals surface area contributed by atoms with Crippen LogP contribution in [0, 0.1) is 17.5 Å². The smallest absolute Gasteiger partial charge is 0.247 e. The van der Waals surface area contributed by atoms with Gasteiger partial charge in [-0.15, -0.1) is 0 Å². The van der Waals surface area contributed by atoms with Gasteiger partial charge >= 0.3 is 0 Å². The number of aromatic nitrogens is 2. The molecule has 0 aliphatic carbocycles. The number of morpholine rings is 1. The normalized spacial score (nSPS) is 19.3. The molecule has 3 aliphatic rings. The lowest BCUT2D eigenvalue weighted by Gasteiger charge is -2.41. The molecule has 1 aromatic heterocycles. The Morgan fingerprint density at radius 1 is 1.00 bits per heavy atom. The van der Waals surface area contributed by atoms with Crippen LogP contribution in [0.1, 0.15) is 30.9 Å². The number of hydroxylamine groups is 1. The summed E-state index contributed by atoms with van der Waals surface area (Å²) in [6, 6.07) is 7.08. The van der Waals surface area contributed by atoms with Gasteiger partial charge < -0.3 is 25.0 Å². The van der Waals surface area contributed by atoms with Crippen LogP contribution < -0.4 is 25.3 Å². The average molecular weight is 640 g/mol. The zero-order chi connectivity index (χ0) is 32.2. The quantitative estimate of drug-likeness (QED) is 0.247. The monoisotopic (exact) mass is 639 g/mol. The van der Waals surface area contributed by atoms with E-state index in [9.17, 15) is 18.0 Å². The molecule has 2 aromatic carbocycles. The lowest BCUT2D eigenvalue weighted by atomic mass is 10.0. The van der Waals surface area contributed by atoms with Crippen molar-refractivity contribution in [2.24, 2.45) is 0 Å². The van der Waals surface area contributed by atoms with Crippen molar-refractivity contribution in [1.29, 1.82) is 0 Å². The first-order chi connectivity index (χ1) is 22.4. The molecule has 244 valence electrons. The Bertz CT molecular complexity index is 1580. The third kappa shape index (κ3) is 6.59. The molecule has 0 spiro atoms. The van der Waals surface area contributed by atoms with E-state index in [0.29, 0.717) is 35.4 Å². The highest BCUT2D eigenvalue weighted by Crippen LogP contribution is 2.41. The SMILES string of the molecule is C=CC(=O)Nc1cc(Nc2cc(N3OCC[C@@H]3c3ccc(F)c(F)c3F)ncn2)c(OC)cc1N1CCC(N2CCOCC2)CC1. The van der Waals surface area contributed by atoms with Crippen molar-refractivity contribution in [3.05, 3.63) is 72.3 Å². The molecule has 1 atom stereocenters. The second-order valence-electron chi connectivity index (χ2n) is 11.2. The lowest BCUT2D eigenvalue weighted by molar-refractivity contribution is -0.111. The summed E-state index contributed by atoms with van der Waals surface area (Å²) in [7, 11) is 1.56. The summed E-state index contributed by atoms with van der Waals surface area (Å²) in [5.41, 5.74) is 1.87. The van der Waals surface area contributed by atoms with E-state index in [1.165, 1.54) is 23.5 Å². The molecule has 46 heavy (non-hydrogen) atoms. The number of piperidine rings is 1. The number of ether oxygens (including phenoxy) is 2. The molecule has 6 rings (SSSR count). The van der Waals surface area contributed by atoms with E-state index in [-0.39, 0.29) is 23.9 Å². The van der Waals surface area contributed by atoms with Crippen LogP contribution in [0.5, 0.6) is 5.75 Å². The van der Waals surface area contributed by atoms with Crippen molar-refractivity contribution in [3.63, 3.8) is 0 Å². The topological polar surface area (TPSA) is 104 Å². The van der Waals surface area contributed by atoms with Crippen LogP contribution >= 0.6 is 0 Å². The minimum absolute atomic E-state index is 0.0432. The van der Waals surface area contributed by atoms with E-state index in [0.717, 1.165) is 64.0 Å². The Kier molecular flexibility index (Phi) is 9.56. The van der Waals surface area contributed by atoms with Gasteiger partial charge in [-0.1, -0.05) is 12.6 Å². The molecule has 0 unspecified atom stereocenters. The van der Waals surface area contributed by atoms with Crippen molar-refractivity contribution < 1.29 is 32.3 Å².